The van der Waals surface area contributed by atoms with Crippen LogP contribution in [0.1, 0.15) is 39.8 Å². The third-order valence-electron chi connectivity index (χ3n) is 5.04. The third-order valence-corrected chi connectivity index (χ3v) is 5.28. The van der Waals surface area contributed by atoms with Gasteiger partial charge in [0, 0.05) is 41.8 Å². The zero-order valence-corrected chi connectivity index (χ0v) is 16.4. The maximum absolute atomic E-state index is 12.6. The largest absolute Gasteiger partial charge is 0.493 e. The molecule has 1 aliphatic rings. The Morgan fingerprint density at radius 2 is 2.25 bits per heavy atom. The highest BCUT2D eigenvalue weighted by molar-refractivity contribution is 6.30. The van der Waals surface area contributed by atoms with Crippen molar-refractivity contribution in [3.8, 4) is 5.75 Å². The van der Waals surface area contributed by atoms with Crippen LogP contribution in [0.25, 0.3) is 0 Å². The van der Waals surface area contributed by atoms with Gasteiger partial charge < -0.3 is 9.64 Å². The van der Waals surface area contributed by atoms with Crippen molar-refractivity contribution in [1.29, 1.82) is 0 Å². The second kappa shape index (κ2) is 8.06. The number of halogens is 1. The van der Waals surface area contributed by atoms with Gasteiger partial charge >= 0.3 is 0 Å². The number of aromatic amines is 2. The van der Waals surface area contributed by atoms with Crippen LogP contribution >= 0.6 is 11.6 Å². The molecule has 0 radical (unpaired) electrons. The van der Waals surface area contributed by atoms with E-state index in [4.69, 9.17) is 16.3 Å². The second-order valence-electron chi connectivity index (χ2n) is 7.02. The summed E-state index contributed by atoms with van der Waals surface area (Å²) >= 11 is 5.96. The number of carbonyl (C=O) groups excluding carboxylic acids is 1. The van der Waals surface area contributed by atoms with E-state index in [1.807, 2.05) is 30.0 Å². The molecule has 1 aliphatic heterocycles. The van der Waals surface area contributed by atoms with Crippen LogP contribution in [0, 0.1) is 6.92 Å². The van der Waals surface area contributed by atoms with E-state index in [1.165, 1.54) is 0 Å². The van der Waals surface area contributed by atoms with Gasteiger partial charge in [0.25, 0.3) is 5.91 Å². The van der Waals surface area contributed by atoms with Crippen molar-refractivity contribution in [3.05, 3.63) is 64.2 Å². The molecule has 1 unspecified atom stereocenters. The van der Waals surface area contributed by atoms with Gasteiger partial charge in [-0.15, -0.1) is 0 Å². The fourth-order valence-electron chi connectivity index (χ4n) is 3.48. The quantitative estimate of drug-likeness (QED) is 0.665. The molecule has 2 aromatic heterocycles. The van der Waals surface area contributed by atoms with Crippen LogP contribution in [0.3, 0.4) is 0 Å². The first kappa shape index (κ1) is 18.6. The Kier molecular flexibility index (Phi) is 5.34. The van der Waals surface area contributed by atoms with Gasteiger partial charge in [-0.25, -0.2) is 0 Å². The summed E-state index contributed by atoms with van der Waals surface area (Å²) in [6, 6.07) is 9.44. The van der Waals surface area contributed by atoms with Crippen LogP contribution in [0.5, 0.6) is 5.75 Å². The molecule has 1 fully saturated rings. The highest BCUT2D eigenvalue weighted by atomic mass is 35.5. The number of benzene rings is 1. The van der Waals surface area contributed by atoms with E-state index in [1.54, 1.807) is 12.3 Å². The van der Waals surface area contributed by atoms with Gasteiger partial charge in [-0.05, 0) is 37.6 Å². The summed E-state index contributed by atoms with van der Waals surface area (Å²) < 4.78 is 5.73. The minimum Gasteiger partial charge on any atom is -0.493 e. The van der Waals surface area contributed by atoms with Crippen molar-refractivity contribution < 1.29 is 9.53 Å². The van der Waals surface area contributed by atoms with Gasteiger partial charge in [0.1, 0.15) is 5.75 Å². The zero-order chi connectivity index (χ0) is 19.5. The maximum atomic E-state index is 12.6. The molecule has 28 heavy (non-hydrogen) atoms. The average molecular weight is 400 g/mol. The molecule has 7 nitrogen and oxygen atoms in total. The Bertz CT molecular complexity index is 967. The Hall–Kier alpha value is -2.80. The number of hydrogen-bond acceptors (Lipinski definition) is 4. The Balaban J connectivity index is 1.31. The minimum absolute atomic E-state index is 0.0273. The fraction of sp³-hybridized carbons (Fsp3) is 0.350. The number of amides is 1. The van der Waals surface area contributed by atoms with Crippen molar-refractivity contribution in [3.63, 3.8) is 0 Å². The van der Waals surface area contributed by atoms with Gasteiger partial charge in [-0.3, -0.25) is 15.0 Å². The summed E-state index contributed by atoms with van der Waals surface area (Å²) in [5.74, 6) is 1.03. The summed E-state index contributed by atoms with van der Waals surface area (Å²) in [6.07, 6.45) is 3.23. The first-order chi connectivity index (χ1) is 13.6. The molecule has 1 atom stereocenters. The van der Waals surface area contributed by atoms with Crippen LogP contribution in [0.15, 0.2) is 36.5 Å². The third kappa shape index (κ3) is 4.04. The molecule has 1 aromatic carbocycles. The summed E-state index contributed by atoms with van der Waals surface area (Å²) in [6.45, 7) is 3.80. The lowest BCUT2D eigenvalue weighted by molar-refractivity contribution is 0.0790. The van der Waals surface area contributed by atoms with Gasteiger partial charge in [0.05, 0.1) is 24.1 Å². The highest BCUT2D eigenvalue weighted by Gasteiger charge is 2.30. The molecule has 3 aromatic rings. The first-order valence-electron chi connectivity index (χ1n) is 9.32. The summed E-state index contributed by atoms with van der Waals surface area (Å²) in [5.41, 5.74) is 3.46. The fourth-order valence-corrected chi connectivity index (χ4v) is 3.66. The molecule has 1 amide bonds. The topological polar surface area (TPSA) is 86.9 Å². The van der Waals surface area contributed by atoms with E-state index in [0.717, 1.165) is 42.2 Å². The summed E-state index contributed by atoms with van der Waals surface area (Å²) in [5, 5.41) is 15.0. The van der Waals surface area contributed by atoms with Gasteiger partial charge in [-0.1, -0.05) is 17.7 Å². The molecule has 0 saturated carbocycles. The number of carbonyl (C=O) groups is 1. The van der Waals surface area contributed by atoms with Crippen LogP contribution in [0.4, 0.5) is 0 Å². The minimum atomic E-state index is 0.0273. The van der Waals surface area contributed by atoms with Crippen LogP contribution < -0.4 is 4.74 Å². The zero-order valence-electron chi connectivity index (χ0n) is 15.6. The standard InChI is InChI=1S/C20H22ClN5O2/c1-13-18(11-22-23-13)20(27)26-7-5-14(12-26)19-10-16(24-25-19)6-8-28-17-4-2-3-15(21)9-17/h2-4,9-11,14H,5-8,12H2,1H3,(H,22,23)(H,24,25). The predicted octanol–water partition coefficient (Wildman–Crippen LogP) is 3.35. The number of ether oxygens (including phenoxy) is 1. The maximum Gasteiger partial charge on any atom is 0.257 e. The molecule has 1 saturated heterocycles. The molecule has 4 rings (SSSR count). The van der Waals surface area contributed by atoms with E-state index >= 15 is 0 Å². The normalized spacial score (nSPS) is 16.5. The number of nitrogens with one attached hydrogen (secondary N) is 2. The molecule has 0 aliphatic carbocycles. The van der Waals surface area contributed by atoms with Crippen molar-refractivity contribution in [2.45, 2.75) is 25.7 Å². The van der Waals surface area contributed by atoms with Crippen LogP contribution in [-0.4, -0.2) is 50.9 Å². The molecule has 0 spiro atoms. The Morgan fingerprint density at radius 1 is 1.36 bits per heavy atom. The monoisotopic (exact) mass is 399 g/mol. The van der Waals surface area contributed by atoms with E-state index in [-0.39, 0.29) is 11.8 Å². The van der Waals surface area contributed by atoms with Gasteiger partial charge in [-0.2, -0.15) is 10.2 Å². The predicted molar refractivity (Wildman–Crippen MR) is 106 cm³/mol. The molecular weight excluding hydrogens is 378 g/mol. The Labute approximate surface area is 168 Å². The molecule has 0 bridgehead atoms. The molecule has 8 heteroatoms. The number of aryl methyl sites for hydroxylation is 1. The van der Waals surface area contributed by atoms with Gasteiger partial charge in [0.15, 0.2) is 0 Å². The van der Waals surface area contributed by atoms with Crippen molar-refractivity contribution in [2.24, 2.45) is 0 Å². The SMILES string of the molecule is Cc1[nH]ncc1C(=O)N1CCC(c2cc(CCOc3cccc(Cl)c3)[nH]n2)C1. The number of rotatable bonds is 6. The highest BCUT2D eigenvalue weighted by Crippen LogP contribution is 2.27. The molecular formula is C20H22ClN5O2. The lowest BCUT2D eigenvalue weighted by Gasteiger charge is -2.15. The summed E-state index contributed by atoms with van der Waals surface area (Å²) in [4.78, 5) is 14.5. The number of H-pyrrole nitrogens is 2. The molecule has 2 N–H and O–H groups in total. The summed E-state index contributed by atoms with van der Waals surface area (Å²) in [7, 11) is 0. The van der Waals surface area contributed by atoms with E-state index in [9.17, 15) is 4.79 Å². The number of likely N-dealkylation sites (tertiary alicyclic amines) is 1. The lowest BCUT2D eigenvalue weighted by Crippen LogP contribution is -2.28. The molecule has 146 valence electrons. The second-order valence-corrected chi connectivity index (χ2v) is 7.46. The smallest absolute Gasteiger partial charge is 0.257 e. The average Bonchev–Trinajstić information content (AvgIpc) is 3.41. The molecule has 3 heterocycles. The van der Waals surface area contributed by atoms with Crippen LogP contribution in [0.2, 0.25) is 5.02 Å². The first-order valence-corrected chi connectivity index (χ1v) is 9.70. The van der Waals surface area contributed by atoms with Crippen molar-refractivity contribution >= 4 is 17.5 Å². The van der Waals surface area contributed by atoms with E-state index in [0.29, 0.717) is 23.7 Å². The Morgan fingerprint density at radius 3 is 3.04 bits per heavy atom. The number of hydrogen-bond donors (Lipinski definition) is 2. The van der Waals surface area contributed by atoms with Gasteiger partial charge in [0.2, 0.25) is 0 Å². The van der Waals surface area contributed by atoms with Crippen molar-refractivity contribution in [2.75, 3.05) is 19.7 Å². The van der Waals surface area contributed by atoms with Crippen molar-refractivity contribution in [1.82, 2.24) is 25.3 Å². The van der Waals surface area contributed by atoms with E-state index in [2.05, 4.69) is 26.5 Å². The number of nitrogens with zero attached hydrogens (tertiary/aromatic N) is 3. The lowest BCUT2D eigenvalue weighted by atomic mass is 10.0. The van der Waals surface area contributed by atoms with Crippen LogP contribution in [-0.2, 0) is 6.42 Å². The number of aromatic nitrogens is 4. The van der Waals surface area contributed by atoms with E-state index < -0.39 is 0 Å².